The van der Waals surface area contributed by atoms with Crippen LogP contribution in [0.2, 0.25) is 0 Å². The van der Waals surface area contributed by atoms with Crippen LogP contribution in [0.5, 0.6) is 0 Å². The molecule has 0 bridgehead atoms. The number of ether oxygens (including phenoxy) is 1. The number of rotatable bonds is 7. The van der Waals surface area contributed by atoms with Crippen molar-refractivity contribution in [3.63, 3.8) is 0 Å². The van der Waals surface area contributed by atoms with E-state index >= 15 is 0 Å². The van der Waals surface area contributed by atoms with Crippen LogP contribution in [0.15, 0.2) is 0 Å². The van der Waals surface area contributed by atoms with Gasteiger partial charge in [0.05, 0.1) is 18.3 Å². The lowest BCUT2D eigenvalue weighted by atomic mass is 10.2. The maximum absolute atomic E-state index is 11.7. The van der Waals surface area contributed by atoms with Gasteiger partial charge in [-0.2, -0.15) is 0 Å². The van der Waals surface area contributed by atoms with Gasteiger partial charge in [0, 0.05) is 6.61 Å². The molecule has 0 aromatic carbocycles. The Hall–Kier alpha value is -1.19. The van der Waals surface area contributed by atoms with E-state index in [0.29, 0.717) is 13.0 Å². The molecule has 9 heteroatoms. The van der Waals surface area contributed by atoms with Crippen molar-refractivity contribution in [3.05, 3.63) is 0 Å². The highest BCUT2D eigenvalue weighted by Gasteiger charge is 2.29. The van der Waals surface area contributed by atoms with Crippen LogP contribution < -0.4 is 10.5 Å². The zero-order valence-corrected chi connectivity index (χ0v) is 10.5. The molecule has 1 aliphatic rings. The van der Waals surface area contributed by atoms with Crippen molar-refractivity contribution in [2.24, 2.45) is 5.73 Å². The molecule has 0 aliphatic carbocycles. The van der Waals surface area contributed by atoms with E-state index in [9.17, 15) is 18.0 Å². The number of sulfonamides is 1. The molecule has 1 amide bonds. The van der Waals surface area contributed by atoms with Crippen LogP contribution in [0, 0.1) is 0 Å². The third-order valence-electron chi connectivity index (χ3n) is 2.45. The summed E-state index contributed by atoms with van der Waals surface area (Å²) in [6.07, 6.45) is 0.392. The van der Waals surface area contributed by atoms with Crippen LogP contribution >= 0.6 is 0 Å². The van der Waals surface area contributed by atoms with Crippen molar-refractivity contribution in [3.8, 4) is 0 Å². The van der Waals surface area contributed by atoms with Crippen molar-refractivity contribution in [1.29, 1.82) is 0 Å². The van der Waals surface area contributed by atoms with Crippen molar-refractivity contribution in [2.75, 3.05) is 12.4 Å². The summed E-state index contributed by atoms with van der Waals surface area (Å²) in [7, 11) is -3.82. The highest BCUT2D eigenvalue weighted by atomic mass is 32.2. The van der Waals surface area contributed by atoms with E-state index in [0.717, 1.165) is 6.42 Å². The standard InChI is InChI=1S/C9H16N2O6S/c10-8(12)4-7(9(13)14)11-18(15,16)5-6-2-1-3-17-6/h6-7,11H,1-5H2,(H2,10,12)(H,13,14). The van der Waals surface area contributed by atoms with Gasteiger partial charge in [-0.25, -0.2) is 13.1 Å². The number of carbonyl (C=O) groups excluding carboxylic acids is 1. The first kappa shape index (κ1) is 14.9. The van der Waals surface area contributed by atoms with Gasteiger partial charge in [-0.05, 0) is 12.8 Å². The summed E-state index contributed by atoms with van der Waals surface area (Å²) in [4.78, 5) is 21.4. The van der Waals surface area contributed by atoms with Gasteiger partial charge < -0.3 is 15.6 Å². The second-order valence-corrected chi connectivity index (χ2v) is 5.89. The Labute approximate surface area is 105 Å². The molecular weight excluding hydrogens is 264 g/mol. The highest BCUT2D eigenvalue weighted by molar-refractivity contribution is 7.89. The maximum atomic E-state index is 11.7. The van der Waals surface area contributed by atoms with Gasteiger partial charge in [0.15, 0.2) is 0 Å². The molecule has 0 radical (unpaired) electrons. The monoisotopic (exact) mass is 280 g/mol. The number of carboxylic acid groups (broad SMARTS) is 1. The molecule has 18 heavy (non-hydrogen) atoms. The van der Waals surface area contributed by atoms with Crippen LogP contribution in [-0.2, 0) is 24.3 Å². The number of amides is 1. The fourth-order valence-corrected chi connectivity index (χ4v) is 3.13. The lowest BCUT2D eigenvalue weighted by molar-refractivity contribution is -0.140. The molecule has 104 valence electrons. The average molecular weight is 280 g/mol. The minimum absolute atomic E-state index is 0.310. The molecule has 0 aromatic rings. The molecule has 8 nitrogen and oxygen atoms in total. The Morgan fingerprint density at radius 3 is 2.61 bits per heavy atom. The number of hydrogen-bond acceptors (Lipinski definition) is 5. The number of hydrogen-bond donors (Lipinski definition) is 3. The van der Waals surface area contributed by atoms with Gasteiger partial charge in [-0.1, -0.05) is 0 Å². The molecule has 1 fully saturated rings. The number of primary amides is 1. The first-order chi connectivity index (χ1) is 8.30. The second-order valence-electron chi connectivity index (χ2n) is 4.10. The third-order valence-corrected chi connectivity index (χ3v) is 3.91. The van der Waals surface area contributed by atoms with Crippen molar-refractivity contribution in [2.45, 2.75) is 31.4 Å². The van der Waals surface area contributed by atoms with Crippen molar-refractivity contribution >= 4 is 21.9 Å². The molecule has 0 aromatic heterocycles. The van der Waals surface area contributed by atoms with E-state index in [1.807, 2.05) is 4.72 Å². The SMILES string of the molecule is NC(=O)CC(NS(=O)(=O)CC1CCCO1)C(=O)O. The summed E-state index contributed by atoms with van der Waals surface area (Å²) in [5.41, 5.74) is 4.85. The zero-order valence-electron chi connectivity index (χ0n) is 9.66. The van der Waals surface area contributed by atoms with Crippen LogP contribution in [0.1, 0.15) is 19.3 Å². The minimum Gasteiger partial charge on any atom is -0.480 e. The number of nitrogens with two attached hydrogens (primary N) is 1. The van der Waals surface area contributed by atoms with E-state index in [2.05, 4.69) is 0 Å². The maximum Gasteiger partial charge on any atom is 0.322 e. The van der Waals surface area contributed by atoms with Crippen LogP contribution in [-0.4, -0.2) is 49.9 Å². The van der Waals surface area contributed by atoms with Gasteiger partial charge in [0.1, 0.15) is 6.04 Å². The molecule has 0 saturated carbocycles. The van der Waals surface area contributed by atoms with E-state index in [1.54, 1.807) is 0 Å². The smallest absolute Gasteiger partial charge is 0.322 e. The molecule has 4 N–H and O–H groups in total. The van der Waals surface area contributed by atoms with E-state index in [-0.39, 0.29) is 5.75 Å². The van der Waals surface area contributed by atoms with E-state index in [4.69, 9.17) is 15.6 Å². The summed E-state index contributed by atoms with van der Waals surface area (Å²) in [6.45, 7) is 0.504. The van der Waals surface area contributed by atoms with Crippen LogP contribution in [0.4, 0.5) is 0 Å². The Morgan fingerprint density at radius 2 is 2.17 bits per heavy atom. The van der Waals surface area contributed by atoms with E-state index < -0.39 is 40.5 Å². The second kappa shape index (κ2) is 6.12. The van der Waals surface area contributed by atoms with E-state index in [1.165, 1.54) is 0 Å². The lowest BCUT2D eigenvalue weighted by Gasteiger charge is -2.15. The van der Waals surface area contributed by atoms with Crippen LogP contribution in [0.3, 0.4) is 0 Å². The Balaban J connectivity index is 2.60. The summed E-state index contributed by atoms with van der Waals surface area (Å²) in [5, 5.41) is 8.78. The van der Waals surface area contributed by atoms with Gasteiger partial charge in [-0.3, -0.25) is 9.59 Å². The molecule has 1 rings (SSSR count). The normalized spacial score (nSPS) is 21.7. The molecular formula is C9H16N2O6S. The quantitative estimate of drug-likeness (QED) is 0.514. The summed E-state index contributed by atoms with van der Waals surface area (Å²) < 4.78 is 30.4. The Kier molecular flexibility index (Phi) is 5.05. The summed E-state index contributed by atoms with van der Waals surface area (Å²) in [5.74, 6) is -2.64. The van der Waals surface area contributed by atoms with Gasteiger partial charge in [0.2, 0.25) is 15.9 Å². The number of carboxylic acids is 1. The largest absolute Gasteiger partial charge is 0.480 e. The zero-order chi connectivity index (χ0) is 13.8. The Bertz CT molecular complexity index is 415. The molecule has 1 heterocycles. The average Bonchev–Trinajstić information content (AvgIpc) is 2.67. The Morgan fingerprint density at radius 1 is 1.50 bits per heavy atom. The fraction of sp³-hybridized carbons (Fsp3) is 0.778. The first-order valence-electron chi connectivity index (χ1n) is 5.43. The summed E-state index contributed by atoms with van der Waals surface area (Å²) in [6, 6.07) is -1.53. The molecule has 0 spiro atoms. The number of aliphatic carboxylic acids is 1. The molecule has 2 atom stereocenters. The predicted octanol–water partition coefficient (Wildman–Crippen LogP) is -1.59. The molecule has 2 unspecified atom stereocenters. The number of nitrogens with one attached hydrogen (secondary N) is 1. The fourth-order valence-electron chi connectivity index (χ4n) is 1.67. The molecule has 1 aliphatic heterocycles. The van der Waals surface area contributed by atoms with Crippen molar-refractivity contribution in [1.82, 2.24) is 4.72 Å². The van der Waals surface area contributed by atoms with Crippen molar-refractivity contribution < 1.29 is 27.9 Å². The highest BCUT2D eigenvalue weighted by Crippen LogP contribution is 2.13. The molecule has 1 saturated heterocycles. The van der Waals surface area contributed by atoms with Gasteiger partial charge in [0.25, 0.3) is 0 Å². The lowest BCUT2D eigenvalue weighted by Crippen LogP contribution is -2.45. The minimum atomic E-state index is -3.82. The first-order valence-corrected chi connectivity index (χ1v) is 7.08. The van der Waals surface area contributed by atoms with Crippen LogP contribution in [0.25, 0.3) is 0 Å². The third kappa shape index (κ3) is 4.98. The van der Waals surface area contributed by atoms with Gasteiger partial charge >= 0.3 is 5.97 Å². The number of carbonyl (C=O) groups is 2. The predicted molar refractivity (Wildman–Crippen MR) is 61.1 cm³/mol. The van der Waals surface area contributed by atoms with Gasteiger partial charge in [-0.15, -0.1) is 0 Å². The summed E-state index contributed by atoms with van der Waals surface area (Å²) >= 11 is 0. The topological polar surface area (TPSA) is 136 Å².